The van der Waals surface area contributed by atoms with Gasteiger partial charge in [-0.3, -0.25) is 9.59 Å². The summed E-state index contributed by atoms with van der Waals surface area (Å²) >= 11 is 0. The first-order valence-electron chi connectivity index (χ1n) is 8.10. The summed E-state index contributed by atoms with van der Waals surface area (Å²) in [7, 11) is 0. The van der Waals surface area contributed by atoms with Crippen LogP contribution in [-0.4, -0.2) is 46.6 Å². The highest BCUT2D eigenvalue weighted by Crippen LogP contribution is 2.31. The van der Waals surface area contributed by atoms with E-state index in [0.717, 1.165) is 25.7 Å². The highest BCUT2D eigenvalue weighted by atomic mass is 16.3. The van der Waals surface area contributed by atoms with Crippen LogP contribution in [0, 0.1) is 11.8 Å². The number of nitrogens with zero attached hydrogens (tertiary/aromatic N) is 1. The Balaban J connectivity index is 1.81. The first-order valence-corrected chi connectivity index (χ1v) is 8.10. The Bertz CT molecular complexity index is 400. The molecule has 1 heterocycles. The van der Waals surface area contributed by atoms with Gasteiger partial charge in [-0.25, -0.2) is 0 Å². The van der Waals surface area contributed by atoms with Crippen molar-refractivity contribution in [1.29, 1.82) is 0 Å². The lowest BCUT2D eigenvalue weighted by atomic mass is 9.79. The van der Waals surface area contributed by atoms with Crippen LogP contribution < -0.4 is 5.32 Å². The first kappa shape index (κ1) is 16.3. The first-order chi connectivity index (χ1) is 9.81. The van der Waals surface area contributed by atoms with E-state index in [-0.39, 0.29) is 23.8 Å². The summed E-state index contributed by atoms with van der Waals surface area (Å²) in [4.78, 5) is 25.8. The molecule has 5 nitrogen and oxygen atoms in total. The zero-order chi connectivity index (χ0) is 15.6. The van der Waals surface area contributed by atoms with E-state index in [1.165, 1.54) is 0 Å². The molecule has 0 bridgehead atoms. The van der Waals surface area contributed by atoms with Crippen molar-refractivity contribution in [3.05, 3.63) is 0 Å². The monoisotopic (exact) mass is 296 g/mol. The molecule has 1 aliphatic carbocycles. The number of amides is 2. The van der Waals surface area contributed by atoms with Crippen LogP contribution in [0.3, 0.4) is 0 Å². The van der Waals surface area contributed by atoms with Crippen molar-refractivity contribution in [2.75, 3.05) is 13.1 Å². The van der Waals surface area contributed by atoms with Crippen molar-refractivity contribution < 1.29 is 14.7 Å². The Hall–Kier alpha value is -1.10. The molecule has 1 saturated carbocycles. The van der Waals surface area contributed by atoms with Crippen LogP contribution >= 0.6 is 0 Å². The minimum atomic E-state index is -0.761. The molecular formula is C16H28N2O3. The standard InChI is InChI=1S/C16H28N2O3/c1-11(2)18-9-13(8-14(18)19)15(20)17-10-16(21)6-4-12(3)5-7-16/h11-13,21H,4-10H2,1-3H3,(H,17,20). The van der Waals surface area contributed by atoms with E-state index < -0.39 is 5.60 Å². The van der Waals surface area contributed by atoms with E-state index >= 15 is 0 Å². The molecule has 0 aromatic heterocycles. The van der Waals surface area contributed by atoms with Crippen molar-refractivity contribution in [3.8, 4) is 0 Å². The molecule has 5 heteroatoms. The van der Waals surface area contributed by atoms with E-state index in [2.05, 4.69) is 12.2 Å². The van der Waals surface area contributed by atoms with Gasteiger partial charge in [0, 0.05) is 25.6 Å². The Morgan fingerprint density at radius 3 is 2.57 bits per heavy atom. The lowest BCUT2D eigenvalue weighted by Crippen LogP contribution is -2.47. The third-order valence-corrected chi connectivity index (χ3v) is 4.95. The van der Waals surface area contributed by atoms with E-state index in [0.29, 0.717) is 25.4 Å². The predicted molar refractivity (Wildman–Crippen MR) is 80.5 cm³/mol. The van der Waals surface area contributed by atoms with Gasteiger partial charge < -0.3 is 15.3 Å². The number of rotatable bonds is 4. The second kappa shape index (κ2) is 6.34. The molecule has 2 aliphatic rings. The number of hydrogen-bond acceptors (Lipinski definition) is 3. The fourth-order valence-corrected chi connectivity index (χ4v) is 3.28. The molecular weight excluding hydrogens is 268 g/mol. The quantitative estimate of drug-likeness (QED) is 0.821. The summed E-state index contributed by atoms with van der Waals surface area (Å²) in [6, 6.07) is 0.138. The Labute approximate surface area is 127 Å². The zero-order valence-corrected chi connectivity index (χ0v) is 13.4. The van der Waals surface area contributed by atoms with E-state index in [4.69, 9.17) is 0 Å². The predicted octanol–water partition coefficient (Wildman–Crippen LogP) is 1.30. The van der Waals surface area contributed by atoms with Gasteiger partial charge in [-0.05, 0) is 45.4 Å². The molecule has 2 rings (SSSR count). The van der Waals surface area contributed by atoms with Crippen LogP contribution in [0.5, 0.6) is 0 Å². The second-order valence-corrected chi connectivity index (χ2v) is 7.17. The third-order valence-electron chi connectivity index (χ3n) is 4.95. The fourth-order valence-electron chi connectivity index (χ4n) is 3.28. The lowest BCUT2D eigenvalue weighted by molar-refractivity contribution is -0.130. The average molecular weight is 296 g/mol. The summed E-state index contributed by atoms with van der Waals surface area (Å²) < 4.78 is 0. The zero-order valence-electron chi connectivity index (χ0n) is 13.4. The Kier molecular flexibility index (Phi) is 4.91. The second-order valence-electron chi connectivity index (χ2n) is 7.17. The van der Waals surface area contributed by atoms with E-state index in [1.807, 2.05) is 13.8 Å². The molecule has 2 N–H and O–H groups in total. The van der Waals surface area contributed by atoms with Crippen LogP contribution in [0.25, 0.3) is 0 Å². The van der Waals surface area contributed by atoms with Gasteiger partial charge in [-0.2, -0.15) is 0 Å². The lowest BCUT2D eigenvalue weighted by Gasteiger charge is -2.35. The van der Waals surface area contributed by atoms with Gasteiger partial charge in [0.1, 0.15) is 0 Å². The van der Waals surface area contributed by atoms with E-state index in [1.54, 1.807) is 4.90 Å². The third kappa shape index (κ3) is 3.96. The Morgan fingerprint density at radius 1 is 1.43 bits per heavy atom. The van der Waals surface area contributed by atoms with Gasteiger partial charge >= 0.3 is 0 Å². The van der Waals surface area contributed by atoms with Gasteiger partial charge in [0.05, 0.1) is 11.5 Å². The van der Waals surface area contributed by atoms with Gasteiger partial charge in [0.25, 0.3) is 0 Å². The van der Waals surface area contributed by atoms with Crippen molar-refractivity contribution in [1.82, 2.24) is 10.2 Å². The van der Waals surface area contributed by atoms with Crippen LogP contribution in [0.2, 0.25) is 0 Å². The minimum absolute atomic E-state index is 0.0513. The summed E-state index contributed by atoms with van der Waals surface area (Å²) in [6.07, 6.45) is 3.80. The average Bonchev–Trinajstić information content (AvgIpc) is 2.82. The fraction of sp³-hybridized carbons (Fsp3) is 0.875. The summed E-state index contributed by atoms with van der Waals surface area (Å²) in [5, 5.41) is 13.3. The normalized spacial score (nSPS) is 33.6. The maximum Gasteiger partial charge on any atom is 0.225 e. The largest absolute Gasteiger partial charge is 0.388 e. The number of carbonyl (C=O) groups is 2. The molecule has 1 saturated heterocycles. The summed E-state index contributed by atoms with van der Waals surface area (Å²) in [5.74, 6) is 0.341. The van der Waals surface area contributed by atoms with Gasteiger partial charge in [0.2, 0.25) is 11.8 Å². The summed E-state index contributed by atoms with van der Waals surface area (Å²) in [5.41, 5.74) is -0.761. The molecule has 2 fully saturated rings. The molecule has 0 aromatic rings. The van der Waals surface area contributed by atoms with Gasteiger partial charge in [-0.15, -0.1) is 0 Å². The highest BCUT2D eigenvalue weighted by molar-refractivity contribution is 5.89. The SMILES string of the molecule is CC1CCC(O)(CNC(=O)C2CC(=O)N(C(C)C)C2)CC1. The molecule has 120 valence electrons. The molecule has 1 atom stereocenters. The van der Waals surface area contributed by atoms with Crippen LogP contribution in [-0.2, 0) is 9.59 Å². The highest BCUT2D eigenvalue weighted by Gasteiger charge is 2.37. The van der Waals surface area contributed by atoms with Crippen molar-refractivity contribution >= 4 is 11.8 Å². The number of hydrogen-bond donors (Lipinski definition) is 2. The van der Waals surface area contributed by atoms with Crippen LogP contribution in [0.4, 0.5) is 0 Å². The molecule has 0 spiro atoms. The molecule has 0 radical (unpaired) electrons. The Morgan fingerprint density at radius 2 is 2.05 bits per heavy atom. The number of aliphatic hydroxyl groups is 1. The van der Waals surface area contributed by atoms with Crippen molar-refractivity contribution in [2.45, 2.75) is 64.5 Å². The topological polar surface area (TPSA) is 69.6 Å². The molecule has 0 aromatic carbocycles. The van der Waals surface area contributed by atoms with Crippen molar-refractivity contribution in [2.24, 2.45) is 11.8 Å². The van der Waals surface area contributed by atoms with Crippen molar-refractivity contribution in [3.63, 3.8) is 0 Å². The molecule has 1 aliphatic heterocycles. The smallest absolute Gasteiger partial charge is 0.225 e. The number of nitrogens with one attached hydrogen (secondary N) is 1. The number of likely N-dealkylation sites (tertiary alicyclic amines) is 1. The molecule has 21 heavy (non-hydrogen) atoms. The number of carbonyl (C=O) groups excluding carboxylic acids is 2. The molecule has 1 unspecified atom stereocenters. The van der Waals surface area contributed by atoms with Gasteiger partial charge in [0.15, 0.2) is 0 Å². The maximum absolute atomic E-state index is 12.2. The minimum Gasteiger partial charge on any atom is -0.388 e. The van der Waals surface area contributed by atoms with Gasteiger partial charge in [-0.1, -0.05) is 6.92 Å². The van der Waals surface area contributed by atoms with Crippen LogP contribution in [0.1, 0.15) is 52.9 Å². The van der Waals surface area contributed by atoms with E-state index in [9.17, 15) is 14.7 Å². The summed E-state index contributed by atoms with van der Waals surface area (Å²) in [6.45, 7) is 6.93. The molecule has 2 amide bonds. The maximum atomic E-state index is 12.2. The van der Waals surface area contributed by atoms with Crippen LogP contribution in [0.15, 0.2) is 0 Å².